The summed E-state index contributed by atoms with van der Waals surface area (Å²) in [7, 11) is 0. The van der Waals surface area contributed by atoms with Crippen LogP contribution in [0.1, 0.15) is 13.8 Å². The molecule has 0 saturated heterocycles. The fourth-order valence-corrected chi connectivity index (χ4v) is 0.371. The zero-order chi connectivity index (χ0) is 8.69. The molecular weight excluding hydrogens is 146 g/mol. The Morgan fingerprint density at radius 1 is 1.91 bits per heavy atom. The van der Waals surface area contributed by atoms with Gasteiger partial charge in [0.2, 0.25) is 0 Å². The Bertz CT molecular complexity index is 145. The zero-order valence-electron chi connectivity index (χ0n) is 6.70. The fraction of sp³-hybridized carbons (Fsp3) is 0.667. The summed E-state index contributed by atoms with van der Waals surface area (Å²) < 4.78 is 4.52. The Morgan fingerprint density at radius 2 is 2.55 bits per heavy atom. The van der Waals surface area contributed by atoms with E-state index in [0.717, 1.165) is 0 Å². The van der Waals surface area contributed by atoms with Gasteiger partial charge in [-0.15, -0.1) is 0 Å². The first kappa shape index (κ1) is 9.90. The zero-order valence-corrected chi connectivity index (χ0v) is 6.70. The Labute approximate surface area is 65.6 Å². The van der Waals surface area contributed by atoms with Gasteiger partial charge in [-0.05, 0) is 13.8 Å². The Morgan fingerprint density at radius 3 is 3.00 bits per heavy atom. The van der Waals surface area contributed by atoms with E-state index in [-0.39, 0.29) is 6.04 Å². The predicted molar refractivity (Wildman–Crippen MR) is 42.3 cm³/mol. The smallest absolute Gasteiger partial charge is 0.427 e. The van der Waals surface area contributed by atoms with E-state index < -0.39 is 6.09 Å². The first-order valence-corrected chi connectivity index (χ1v) is 3.38. The van der Waals surface area contributed by atoms with Gasteiger partial charge in [-0.25, -0.2) is 10.2 Å². The summed E-state index contributed by atoms with van der Waals surface area (Å²) in [5, 5.41) is 3.51. The highest BCUT2D eigenvalue weighted by atomic mass is 16.5. The van der Waals surface area contributed by atoms with E-state index in [4.69, 9.17) is 5.73 Å². The molecule has 1 atom stereocenters. The Kier molecular flexibility index (Phi) is 5.10. The second-order valence-electron chi connectivity index (χ2n) is 1.97. The van der Waals surface area contributed by atoms with E-state index in [1.165, 1.54) is 6.21 Å². The van der Waals surface area contributed by atoms with Crippen molar-refractivity contribution in [1.82, 2.24) is 5.43 Å². The SMILES string of the molecule is CCOC(=O)NN=CC(C)N. The maximum atomic E-state index is 10.5. The normalized spacial score (nSPS) is 13.0. The lowest BCUT2D eigenvalue weighted by atomic mass is 10.4. The van der Waals surface area contributed by atoms with Crippen molar-refractivity contribution in [2.45, 2.75) is 19.9 Å². The number of amides is 1. The molecule has 0 aromatic carbocycles. The van der Waals surface area contributed by atoms with Gasteiger partial charge in [-0.1, -0.05) is 0 Å². The third kappa shape index (κ3) is 6.79. The molecule has 5 nitrogen and oxygen atoms in total. The summed E-state index contributed by atoms with van der Waals surface area (Å²) in [5.41, 5.74) is 7.45. The number of carbonyl (C=O) groups excluding carboxylic acids is 1. The van der Waals surface area contributed by atoms with Crippen LogP contribution in [0, 0.1) is 0 Å². The minimum atomic E-state index is -0.565. The first-order valence-electron chi connectivity index (χ1n) is 3.38. The van der Waals surface area contributed by atoms with Crippen LogP contribution in [0.2, 0.25) is 0 Å². The number of hydrogen-bond acceptors (Lipinski definition) is 4. The van der Waals surface area contributed by atoms with Crippen molar-refractivity contribution < 1.29 is 9.53 Å². The van der Waals surface area contributed by atoms with Crippen LogP contribution in [-0.4, -0.2) is 25.0 Å². The average molecular weight is 159 g/mol. The maximum absolute atomic E-state index is 10.5. The molecule has 3 N–H and O–H groups in total. The van der Waals surface area contributed by atoms with E-state index in [1.54, 1.807) is 13.8 Å². The minimum Gasteiger partial charge on any atom is -0.449 e. The van der Waals surface area contributed by atoms with Crippen molar-refractivity contribution in [1.29, 1.82) is 0 Å². The van der Waals surface area contributed by atoms with Crippen LogP contribution in [0.5, 0.6) is 0 Å². The van der Waals surface area contributed by atoms with Crippen LogP contribution in [0.4, 0.5) is 4.79 Å². The van der Waals surface area contributed by atoms with Crippen molar-refractivity contribution in [3.05, 3.63) is 0 Å². The van der Waals surface area contributed by atoms with Gasteiger partial charge >= 0.3 is 6.09 Å². The fourth-order valence-electron chi connectivity index (χ4n) is 0.371. The van der Waals surface area contributed by atoms with Crippen LogP contribution in [-0.2, 0) is 4.74 Å². The third-order valence-electron chi connectivity index (χ3n) is 0.741. The van der Waals surface area contributed by atoms with Crippen LogP contribution in [0.3, 0.4) is 0 Å². The van der Waals surface area contributed by atoms with E-state index in [1.807, 2.05) is 0 Å². The van der Waals surface area contributed by atoms with Gasteiger partial charge in [0.1, 0.15) is 0 Å². The molecule has 0 aliphatic carbocycles. The second kappa shape index (κ2) is 5.67. The lowest BCUT2D eigenvalue weighted by Crippen LogP contribution is -2.22. The lowest BCUT2D eigenvalue weighted by molar-refractivity contribution is 0.152. The summed E-state index contributed by atoms with van der Waals surface area (Å²) in [4.78, 5) is 10.5. The molecule has 0 bridgehead atoms. The largest absolute Gasteiger partial charge is 0.449 e. The Hall–Kier alpha value is -1.10. The molecule has 0 spiro atoms. The number of hydrogen-bond donors (Lipinski definition) is 2. The summed E-state index contributed by atoms with van der Waals surface area (Å²) in [6, 6.07) is -0.170. The quantitative estimate of drug-likeness (QED) is 0.451. The van der Waals surface area contributed by atoms with Gasteiger partial charge in [0.15, 0.2) is 0 Å². The molecule has 0 radical (unpaired) electrons. The molecule has 0 rings (SSSR count). The van der Waals surface area contributed by atoms with Crippen LogP contribution >= 0.6 is 0 Å². The number of hydrazone groups is 1. The van der Waals surface area contributed by atoms with E-state index in [0.29, 0.717) is 6.61 Å². The van der Waals surface area contributed by atoms with Crippen molar-refractivity contribution in [2.75, 3.05) is 6.61 Å². The van der Waals surface area contributed by atoms with Gasteiger partial charge < -0.3 is 10.5 Å². The molecule has 0 saturated carbocycles. The van der Waals surface area contributed by atoms with Gasteiger partial charge in [0.25, 0.3) is 0 Å². The predicted octanol–water partition coefficient (Wildman–Crippen LogP) is 0.0655. The number of rotatable bonds is 3. The molecule has 0 fully saturated rings. The molecule has 0 aromatic rings. The highest BCUT2D eigenvalue weighted by molar-refractivity contribution is 5.70. The number of ether oxygens (including phenoxy) is 1. The Balaban J connectivity index is 3.45. The van der Waals surface area contributed by atoms with Crippen molar-refractivity contribution in [3.63, 3.8) is 0 Å². The number of nitrogens with one attached hydrogen (secondary N) is 1. The van der Waals surface area contributed by atoms with E-state index in [2.05, 4.69) is 15.3 Å². The molecular formula is C6H13N3O2. The monoisotopic (exact) mass is 159 g/mol. The molecule has 5 heteroatoms. The van der Waals surface area contributed by atoms with Crippen molar-refractivity contribution in [2.24, 2.45) is 10.8 Å². The molecule has 1 amide bonds. The lowest BCUT2D eigenvalue weighted by Gasteiger charge is -1.98. The second-order valence-corrected chi connectivity index (χ2v) is 1.97. The number of carbonyl (C=O) groups is 1. The maximum Gasteiger partial charge on any atom is 0.427 e. The summed E-state index contributed by atoms with van der Waals surface area (Å²) in [5.74, 6) is 0. The van der Waals surface area contributed by atoms with Crippen LogP contribution in [0.15, 0.2) is 5.10 Å². The minimum absolute atomic E-state index is 0.170. The molecule has 0 aliphatic heterocycles. The molecule has 0 aromatic heterocycles. The molecule has 0 heterocycles. The molecule has 0 aliphatic rings. The number of nitrogens with two attached hydrogens (primary N) is 1. The average Bonchev–Trinajstić information content (AvgIpc) is 1.87. The first-order chi connectivity index (χ1) is 5.16. The topological polar surface area (TPSA) is 76.7 Å². The van der Waals surface area contributed by atoms with E-state index in [9.17, 15) is 4.79 Å². The third-order valence-corrected chi connectivity index (χ3v) is 0.741. The molecule has 1 unspecified atom stereocenters. The standard InChI is InChI=1S/C6H13N3O2/c1-3-11-6(10)9-8-4-5(2)7/h4-5H,3,7H2,1-2H3,(H,9,10). The summed E-state index contributed by atoms with van der Waals surface area (Å²) in [6.07, 6.45) is 0.848. The van der Waals surface area contributed by atoms with Gasteiger partial charge in [0.05, 0.1) is 6.61 Å². The van der Waals surface area contributed by atoms with Crippen LogP contribution < -0.4 is 11.2 Å². The van der Waals surface area contributed by atoms with Crippen molar-refractivity contribution in [3.8, 4) is 0 Å². The van der Waals surface area contributed by atoms with Gasteiger partial charge in [0, 0.05) is 12.3 Å². The molecule has 64 valence electrons. The van der Waals surface area contributed by atoms with Crippen LogP contribution in [0.25, 0.3) is 0 Å². The highest BCUT2D eigenvalue weighted by Gasteiger charge is 1.94. The summed E-state index contributed by atoms with van der Waals surface area (Å²) >= 11 is 0. The highest BCUT2D eigenvalue weighted by Crippen LogP contribution is 1.75. The summed E-state index contributed by atoms with van der Waals surface area (Å²) in [6.45, 7) is 3.80. The molecule has 11 heavy (non-hydrogen) atoms. The van der Waals surface area contributed by atoms with Gasteiger partial charge in [-0.2, -0.15) is 5.10 Å². The number of nitrogens with zero attached hydrogens (tertiary/aromatic N) is 1. The van der Waals surface area contributed by atoms with Gasteiger partial charge in [-0.3, -0.25) is 0 Å². The van der Waals surface area contributed by atoms with E-state index >= 15 is 0 Å². The van der Waals surface area contributed by atoms with Crippen molar-refractivity contribution >= 4 is 12.3 Å².